The summed E-state index contributed by atoms with van der Waals surface area (Å²) in [6.07, 6.45) is 0.376. The highest BCUT2D eigenvalue weighted by Gasteiger charge is 2.09. The highest BCUT2D eigenvalue weighted by atomic mass is 32.2. The van der Waals surface area contributed by atoms with E-state index in [0.717, 1.165) is 16.1 Å². The predicted molar refractivity (Wildman–Crippen MR) is 88.6 cm³/mol. The van der Waals surface area contributed by atoms with Crippen molar-refractivity contribution in [2.75, 3.05) is 16.8 Å². The summed E-state index contributed by atoms with van der Waals surface area (Å²) in [7, 11) is 0. The topological polar surface area (TPSA) is 78.9 Å². The molecule has 1 amide bonds. The number of thioether (sulfide) groups is 1. The van der Waals surface area contributed by atoms with Crippen molar-refractivity contribution in [3.8, 4) is 6.07 Å². The molecule has 0 saturated carbocycles. The van der Waals surface area contributed by atoms with Gasteiger partial charge < -0.3 is 11.1 Å². The Labute approximate surface area is 132 Å². The van der Waals surface area contributed by atoms with Gasteiger partial charge in [-0.2, -0.15) is 5.26 Å². The zero-order valence-corrected chi connectivity index (χ0v) is 13.2. The standard InChI is InChI=1S/C15H15N3OS2/c1-10-2-3-12(17)13(8-10)20-7-5-14(19)18-15-11(9-16)4-6-21-15/h2-4,6,8H,5,7,17H2,1H3,(H,18,19). The summed E-state index contributed by atoms with van der Waals surface area (Å²) in [6, 6.07) is 9.61. The molecule has 0 fully saturated rings. The first-order chi connectivity index (χ1) is 10.1. The molecule has 0 aliphatic heterocycles. The lowest BCUT2D eigenvalue weighted by Gasteiger charge is -2.07. The fourth-order valence-corrected chi connectivity index (χ4v) is 3.47. The number of aryl methyl sites for hydroxylation is 1. The Morgan fingerprint density at radius 1 is 1.48 bits per heavy atom. The number of nitrogens with zero attached hydrogens (tertiary/aromatic N) is 1. The number of carbonyl (C=O) groups is 1. The lowest BCUT2D eigenvalue weighted by Crippen LogP contribution is -2.11. The number of amides is 1. The van der Waals surface area contributed by atoms with Crippen LogP contribution in [0, 0.1) is 18.3 Å². The van der Waals surface area contributed by atoms with E-state index < -0.39 is 0 Å². The van der Waals surface area contributed by atoms with Gasteiger partial charge in [0.05, 0.1) is 5.56 Å². The first kappa shape index (κ1) is 15.4. The quantitative estimate of drug-likeness (QED) is 0.652. The van der Waals surface area contributed by atoms with Gasteiger partial charge in [0.1, 0.15) is 11.1 Å². The lowest BCUT2D eigenvalue weighted by atomic mass is 10.2. The smallest absolute Gasteiger partial charge is 0.225 e. The maximum absolute atomic E-state index is 11.9. The van der Waals surface area contributed by atoms with E-state index in [9.17, 15) is 4.79 Å². The molecule has 0 radical (unpaired) electrons. The van der Waals surface area contributed by atoms with E-state index >= 15 is 0 Å². The van der Waals surface area contributed by atoms with Gasteiger partial charge in [0.2, 0.25) is 5.91 Å². The molecule has 0 bridgehead atoms. The molecule has 6 heteroatoms. The predicted octanol–water partition coefficient (Wildman–Crippen LogP) is 3.63. The minimum absolute atomic E-state index is 0.0901. The van der Waals surface area contributed by atoms with Crippen LogP contribution >= 0.6 is 23.1 Å². The second-order valence-electron chi connectivity index (χ2n) is 4.46. The molecule has 0 unspecified atom stereocenters. The minimum atomic E-state index is -0.0901. The van der Waals surface area contributed by atoms with Gasteiger partial charge in [-0.3, -0.25) is 4.79 Å². The van der Waals surface area contributed by atoms with Crippen LogP contribution in [0.3, 0.4) is 0 Å². The van der Waals surface area contributed by atoms with Gasteiger partial charge in [0.25, 0.3) is 0 Å². The van der Waals surface area contributed by atoms with Crippen LogP contribution < -0.4 is 11.1 Å². The maximum Gasteiger partial charge on any atom is 0.225 e. The second-order valence-corrected chi connectivity index (χ2v) is 6.52. The summed E-state index contributed by atoms with van der Waals surface area (Å²) >= 11 is 2.92. The van der Waals surface area contributed by atoms with Gasteiger partial charge in [-0.1, -0.05) is 6.07 Å². The van der Waals surface area contributed by atoms with E-state index in [1.165, 1.54) is 11.3 Å². The molecule has 108 valence electrons. The summed E-state index contributed by atoms with van der Waals surface area (Å²) in [5.74, 6) is 0.555. The molecule has 0 aliphatic carbocycles. The Hall–Kier alpha value is -1.97. The number of nitrogens with one attached hydrogen (secondary N) is 1. The Bertz CT molecular complexity index is 688. The fraction of sp³-hybridized carbons (Fsp3) is 0.200. The van der Waals surface area contributed by atoms with Gasteiger partial charge >= 0.3 is 0 Å². The first-order valence-electron chi connectivity index (χ1n) is 6.36. The molecule has 2 rings (SSSR count). The van der Waals surface area contributed by atoms with E-state index in [2.05, 4.69) is 11.4 Å². The SMILES string of the molecule is Cc1ccc(N)c(SCCC(=O)Nc2sccc2C#N)c1. The van der Waals surface area contributed by atoms with Gasteiger partial charge in [-0.15, -0.1) is 23.1 Å². The molecule has 3 N–H and O–H groups in total. The van der Waals surface area contributed by atoms with E-state index in [1.54, 1.807) is 23.2 Å². The number of carbonyl (C=O) groups excluding carboxylic acids is 1. The van der Waals surface area contributed by atoms with Crippen LogP contribution in [0.5, 0.6) is 0 Å². The molecule has 0 saturated heterocycles. The summed E-state index contributed by atoms with van der Waals surface area (Å²) in [4.78, 5) is 12.9. The van der Waals surface area contributed by atoms with Crippen LogP contribution in [0.15, 0.2) is 34.5 Å². The molecule has 21 heavy (non-hydrogen) atoms. The van der Waals surface area contributed by atoms with Crippen LogP contribution in [-0.4, -0.2) is 11.7 Å². The third kappa shape index (κ3) is 4.25. The lowest BCUT2D eigenvalue weighted by molar-refractivity contribution is -0.115. The van der Waals surface area contributed by atoms with E-state index in [0.29, 0.717) is 22.7 Å². The van der Waals surface area contributed by atoms with Crippen molar-refractivity contribution in [3.05, 3.63) is 40.8 Å². The molecular formula is C15H15N3OS2. The number of nitrogens with two attached hydrogens (primary N) is 1. The molecule has 4 nitrogen and oxygen atoms in total. The Morgan fingerprint density at radius 2 is 2.29 bits per heavy atom. The average molecular weight is 317 g/mol. The van der Waals surface area contributed by atoms with Gasteiger partial charge in [0.15, 0.2) is 0 Å². The number of rotatable bonds is 5. The largest absolute Gasteiger partial charge is 0.398 e. The highest BCUT2D eigenvalue weighted by molar-refractivity contribution is 7.99. The second kappa shape index (κ2) is 7.16. The Balaban J connectivity index is 1.85. The normalized spacial score (nSPS) is 10.1. The van der Waals surface area contributed by atoms with Crippen molar-refractivity contribution in [3.63, 3.8) is 0 Å². The maximum atomic E-state index is 11.9. The number of hydrogen-bond donors (Lipinski definition) is 2. The number of hydrogen-bond acceptors (Lipinski definition) is 5. The Morgan fingerprint density at radius 3 is 3.05 bits per heavy atom. The summed E-state index contributed by atoms with van der Waals surface area (Å²) in [5, 5.41) is 14.1. The molecule has 2 aromatic rings. The van der Waals surface area contributed by atoms with E-state index in [1.807, 2.05) is 25.1 Å². The number of nitrogen functional groups attached to an aromatic ring is 1. The van der Waals surface area contributed by atoms with E-state index in [4.69, 9.17) is 11.0 Å². The zero-order chi connectivity index (χ0) is 15.2. The van der Waals surface area contributed by atoms with Crippen LogP contribution in [0.25, 0.3) is 0 Å². The molecule has 1 aromatic carbocycles. The van der Waals surface area contributed by atoms with E-state index in [-0.39, 0.29) is 5.91 Å². The fourth-order valence-electron chi connectivity index (χ4n) is 1.70. The number of nitriles is 1. The number of thiophene rings is 1. The molecule has 0 spiro atoms. The van der Waals surface area contributed by atoms with Crippen LogP contribution in [-0.2, 0) is 4.79 Å². The van der Waals surface area contributed by atoms with Crippen molar-refractivity contribution in [2.24, 2.45) is 0 Å². The van der Waals surface area contributed by atoms with Crippen LogP contribution in [0.1, 0.15) is 17.5 Å². The minimum Gasteiger partial charge on any atom is -0.398 e. The van der Waals surface area contributed by atoms with Crippen molar-refractivity contribution in [2.45, 2.75) is 18.2 Å². The van der Waals surface area contributed by atoms with Gasteiger partial charge in [-0.05, 0) is 36.1 Å². The van der Waals surface area contributed by atoms with Crippen molar-refractivity contribution in [1.29, 1.82) is 5.26 Å². The molecular weight excluding hydrogens is 302 g/mol. The zero-order valence-electron chi connectivity index (χ0n) is 11.6. The average Bonchev–Trinajstić information content (AvgIpc) is 2.89. The summed E-state index contributed by atoms with van der Waals surface area (Å²) in [6.45, 7) is 2.01. The van der Waals surface area contributed by atoms with Crippen LogP contribution in [0.2, 0.25) is 0 Å². The van der Waals surface area contributed by atoms with Crippen molar-refractivity contribution >= 4 is 39.7 Å². The number of benzene rings is 1. The third-order valence-corrected chi connectivity index (χ3v) is 4.70. The monoisotopic (exact) mass is 317 g/mol. The van der Waals surface area contributed by atoms with Gasteiger partial charge in [-0.25, -0.2) is 0 Å². The third-order valence-electron chi connectivity index (χ3n) is 2.79. The van der Waals surface area contributed by atoms with Gasteiger partial charge in [0, 0.05) is 22.8 Å². The molecule has 1 aromatic heterocycles. The van der Waals surface area contributed by atoms with Crippen LogP contribution in [0.4, 0.5) is 10.7 Å². The summed E-state index contributed by atoms with van der Waals surface area (Å²) < 4.78 is 0. The molecule has 0 atom stereocenters. The first-order valence-corrected chi connectivity index (χ1v) is 8.23. The van der Waals surface area contributed by atoms with Crippen molar-refractivity contribution < 1.29 is 4.79 Å². The summed E-state index contributed by atoms with van der Waals surface area (Å²) in [5.41, 5.74) is 8.28. The molecule has 0 aliphatic rings. The molecule has 1 heterocycles. The Kier molecular flexibility index (Phi) is 5.26. The van der Waals surface area contributed by atoms with Crippen molar-refractivity contribution in [1.82, 2.24) is 0 Å². The highest BCUT2D eigenvalue weighted by Crippen LogP contribution is 2.27. The number of anilines is 2.